The van der Waals surface area contributed by atoms with Crippen molar-refractivity contribution in [3.8, 4) is 0 Å². The molecule has 0 aliphatic heterocycles. The van der Waals surface area contributed by atoms with E-state index in [4.69, 9.17) is 0 Å². The third-order valence-electron chi connectivity index (χ3n) is 5.21. The van der Waals surface area contributed by atoms with Crippen LogP contribution in [0.5, 0.6) is 0 Å². The van der Waals surface area contributed by atoms with Crippen molar-refractivity contribution in [2.75, 3.05) is 0 Å². The number of rotatable bonds is 9. The maximum Gasteiger partial charge on any atom is 0.223 e. The van der Waals surface area contributed by atoms with Crippen LogP contribution in [0.3, 0.4) is 0 Å². The predicted molar refractivity (Wildman–Crippen MR) is 109 cm³/mol. The van der Waals surface area contributed by atoms with Gasteiger partial charge in [0.15, 0.2) is 0 Å². The smallest absolute Gasteiger partial charge is 0.223 e. The Morgan fingerprint density at radius 3 is 2.58 bits per heavy atom. The third kappa shape index (κ3) is 5.48. The normalized spacial score (nSPS) is 12.4. The number of nitrogens with zero attached hydrogens (tertiary/aromatic N) is 2. The fourth-order valence-corrected chi connectivity index (χ4v) is 3.22. The zero-order chi connectivity index (χ0) is 19.1. The van der Waals surface area contributed by atoms with E-state index in [1.165, 1.54) is 16.8 Å². The van der Waals surface area contributed by atoms with E-state index in [1.54, 1.807) is 0 Å². The molecule has 0 fully saturated rings. The molecule has 0 aliphatic rings. The Labute approximate surface area is 159 Å². The van der Waals surface area contributed by atoms with Gasteiger partial charge in [-0.15, -0.1) is 0 Å². The SMILES string of the molecule is CCCCC(=O)N(Cc1cccn1Cc1cccc(C)c1)C(C)C(C)C. The van der Waals surface area contributed by atoms with Crippen LogP contribution in [-0.2, 0) is 17.9 Å². The number of aromatic nitrogens is 1. The molecule has 0 spiro atoms. The van der Waals surface area contributed by atoms with Crippen molar-refractivity contribution in [2.24, 2.45) is 5.92 Å². The van der Waals surface area contributed by atoms with Crippen molar-refractivity contribution >= 4 is 5.91 Å². The van der Waals surface area contributed by atoms with Crippen LogP contribution >= 0.6 is 0 Å². The Kier molecular flexibility index (Phi) is 7.50. The molecule has 1 atom stereocenters. The second kappa shape index (κ2) is 9.61. The third-order valence-corrected chi connectivity index (χ3v) is 5.21. The second-order valence-corrected chi connectivity index (χ2v) is 7.73. The number of carbonyl (C=O) groups excluding carboxylic acids is 1. The molecule has 1 aromatic carbocycles. The maximum atomic E-state index is 12.8. The van der Waals surface area contributed by atoms with Gasteiger partial charge in [0, 0.05) is 30.9 Å². The van der Waals surface area contributed by atoms with Gasteiger partial charge in [0.05, 0.1) is 6.54 Å². The highest BCUT2D eigenvalue weighted by molar-refractivity contribution is 5.76. The standard InChI is InChI=1S/C23H34N2O/c1-6-7-13-23(26)25(20(5)18(2)3)17-22-12-9-14-24(22)16-21-11-8-10-19(4)15-21/h8-12,14-15,18,20H,6-7,13,16-17H2,1-5H3. The summed E-state index contributed by atoms with van der Waals surface area (Å²) in [6.45, 7) is 12.3. The molecule has 1 heterocycles. The van der Waals surface area contributed by atoms with Crippen LogP contribution in [0.25, 0.3) is 0 Å². The summed E-state index contributed by atoms with van der Waals surface area (Å²) in [5.41, 5.74) is 3.77. The number of hydrogen-bond acceptors (Lipinski definition) is 1. The summed E-state index contributed by atoms with van der Waals surface area (Å²) in [5.74, 6) is 0.720. The summed E-state index contributed by atoms with van der Waals surface area (Å²) in [4.78, 5) is 14.9. The zero-order valence-corrected chi connectivity index (χ0v) is 17.0. The van der Waals surface area contributed by atoms with Crippen LogP contribution < -0.4 is 0 Å². The Balaban J connectivity index is 2.18. The number of hydrogen-bond donors (Lipinski definition) is 0. The minimum Gasteiger partial charge on any atom is -0.345 e. The van der Waals surface area contributed by atoms with E-state index in [9.17, 15) is 4.79 Å². The average molecular weight is 355 g/mol. The lowest BCUT2D eigenvalue weighted by atomic mass is 10.0. The molecule has 0 saturated carbocycles. The molecule has 2 aromatic rings. The minimum atomic E-state index is 0.238. The van der Waals surface area contributed by atoms with Crippen molar-refractivity contribution < 1.29 is 4.79 Å². The second-order valence-electron chi connectivity index (χ2n) is 7.73. The van der Waals surface area contributed by atoms with E-state index in [2.05, 4.69) is 86.7 Å². The summed E-state index contributed by atoms with van der Waals surface area (Å²) in [6.07, 6.45) is 4.78. The van der Waals surface area contributed by atoms with Crippen molar-refractivity contribution in [3.05, 3.63) is 59.4 Å². The van der Waals surface area contributed by atoms with E-state index >= 15 is 0 Å². The molecule has 0 aliphatic carbocycles. The zero-order valence-electron chi connectivity index (χ0n) is 17.0. The van der Waals surface area contributed by atoms with E-state index in [0.717, 1.165) is 19.4 Å². The van der Waals surface area contributed by atoms with Gasteiger partial charge in [-0.3, -0.25) is 4.79 Å². The Morgan fingerprint density at radius 1 is 1.15 bits per heavy atom. The first-order valence-corrected chi connectivity index (χ1v) is 9.91. The molecule has 1 amide bonds. The van der Waals surface area contributed by atoms with Gasteiger partial charge in [-0.2, -0.15) is 0 Å². The van der Waals surface area contributed by atoms with Crippen molar-refractivity contribution in [3.63, 3.8) is 0 Å². The first kappa shape index (κ1) is 20.3. The van der Waals surface area contributed by atoms with E-state index < -0.39 is 0 Å². The molecule has 0 N–H and O–H groups in total. The molecule has 2 rings (SSSR count). The summed E-state index contributed by atoms with van der Waals surface area (Å²) < 4.78 is 2.27. The summed E-state index contributed by atoms with van der Waals surface area (Å²) in [5, 5.41) is 0. The van der Waals surface area contributed by atoms with E-state index in [-0.39, 0.29) is 11.9 Å². The lowest BCUT2D eigenvalue weighted by molar-refractivity contribution is -0.135. The van der Waals surface area contributed by atoms with Gasteiger partial charge in [-0.25, -0.2) is 0 Å². The van der Waals surface area contributed by atoms with Crippen molar-refractivity contribution in [1.82, 2.24) is 9.47 Å². The highest BCUT2D eigenvalue weighted by Crippen LogP contribution is 2.18. The first-order chi connectivity index (χ1) is 12.4. The topological polar surface area (TPSA) is 25.2 Å². The van der Waals surface area contributed by atoms with Gasteiger partial charge in [0.2, 0.25) is 5.91 Å². The van der Waals surface area contributed by atoms with E-state index in [1.807, 2.05) is 0 Å². The molecule has 142 valence electrons. The highest BCUT2D eigenvalue weighted by atomic mass is 16.2. The summed E-state index contributed by atoms with van der Waals surface area (Å²) in [6, 6.07) is 13.1. The Bertz CT molecular complexity index is 702. The van der Waals surface area contributed by atoms with Crippen LogP contribution in [0.1, 0.15) is 63.8 Å². The van der Waals surface area contributed by atoms with E-state index in [0.29, 0.717) is 18.9 Å². The molecular weight excluding hydrogens is 320 g/mol. The first-order valence-electron chi connectivity index (χ1n) is 9.91. The van der Waals surface area contributed by atoms with Gasteiger partial charge in [-0.1, -0.05) is 57.0 Å². The fraction of sp³-hybridized carbons (Fsp3) is 0.522. The van der Waals surface area contributed by atoms with Gasteiger partial charge in [0.1, 0.15) is 0 Å². The summed E-state index contributed by atoms with van der Waals surface area (Å²) in [7, 11) is 0. The van der Waals surface area contributed by atoms with Gasteiger partial charge >= 0.3 is 0 Å². The average Bonchev–Trinajstić information content (AvgIpc) is 3.03. The van der Waals surface area contributed by atoms with Crippen molar-refractivity contribution in [1.29, 1.82) is 0 Å². The van der Waals surface area contributed by atoms with Crippen LogP contribution in [0, 0.1) is 12.8 Å². The molecule has 3 nitrogen and oxygen atoms in total. The number of benzene rings is 1. The molecule has 0 saturated heterocycles. The van der Waals surface area contributed by atoms with Crippen LogP contribution in [0.2, 0.25) is 0 Å². The van der Waals surface area contributed by atoms with Crippen LogP contribution in [0.15, 0.2) is 42.6 Å². The lowest BCUT2D eigenvalue weighted by Crippen LogP contribution is -2.41. The molecule has 1 unspecified atom stereocenters. The molecule has 26 heavy (non-hydrogen) atoms. The molecule has 1 aromatic heterocycles. The molecule has 0 bridgehead atoms. The monoisotopic (exact) mass is 354 g/mol. The number of amides is 1. The van der Waals surface area contributed by atoms with Crippen LogP contribution in [0.4, 0.5) is 0 Å². The van der Waals surface area contributed by atoms with Crippen molar-refractivity contribution in [2.45, 2.75) is 73.0 Å². The largest absolute Gasteiger partial charge is 0.345 e. The molecular formula is C23H34N2O. The number of unbranched alkanes of at least 4 members (excludes halogenated alkanes) is 1. The quantitative estimate of drug-likeness (QED) is 0.591. The van der Waals surface area contributed by atoms with Crippen LogP contribution in [-0.4, -0.2) is 21.4 Å². The van der Waals surface area contributed by atoms with Gasteiger partial charge in [-0.05, 0) is 43.9 Å². The minimum absolute atomic E-state index is 0.238. The number of aryl methyl sites for hydroxylation is 1. The highest BCUT2D eigenvalue weighted by Gasteiger charge is 2.23. The summed E-state index contributed by atoms with van der Waals surface area (Å²) >= 11 is 0. The van der Waals surface area contributed by atoms with Gasteiger partial charge < -0.3 is 9.47 Å². The Hall–Kier alpha value is -2.03. The fourth-order valence-electron chi connectivity index (χ4n) is 3.22. The number of carbonyl (C=O) groups is 1. The predicted octanol–water partition coefficient (Wildman–Crippen LogP) is 5.41. The lowest BCUT2D eigenvalue weighted by Gasteiger charge is -2.32. The molecule has 0 radical (unpaired) electrons. The Morgan fingerprint density at radius 2 is 1.92 bits per heavy atom. The van der Waals surface area contributed by atoms with Gasteiger partial charge in [0.25, 0.3) is 0 Å². The molecule has 3 heteroatoms. The maximum absolute atomic E-state index is 12.8.